The molecule has 1 aromatic rings. The first kappa shape index (κ1) is 7.14. The van der Waals surface area contributed by atoms with Gasteiger partial charge in [0.15, 0.2) is 0 Å². The largest absolute Gasteiger partial charge is 0.310 e. The third kappa shape index (κ3) is 1.39. The minimum absolute atomic E-state index is 0.576. The molecular weight excluding hydrogens is 158 g/mol. The van der Waals surface area contributed by atoms with Gasteiger partial charge in [0.1, 0.15) is 0 Å². The maximum atomic E-state index is 5.76. The van der Waals surface area contributed by atoms with Crippen LogP contribution in [-0.2, 0) is 0 Å². The monoisotopic (exact) mass is 167 g/mol. The first-order valence-electron chi connectivity index (χ1n) is 3.85. The summed E-state index contributed by atoms with van der Waals surface area (Å²) >= 11 is 5.76. The predicted molar refractivity (Wildman–Crippen MR) is 46.8 cm³/mol. The lowest BCUT2D eigenvalue weighted by Crippen LogP contribution is -2.34. The van der Waals surface area contributed by atoms with Gasteiger partial charge in [-0.3, -0.25) is 0 Å². The van der Waals surface area contributed by atoms with Crippen LogP contribution in [0, 0.1) is 0 Å². The molecule has 0 aliphatic carbocycles. The maximum Gasteiger partial charge on any atom is 0.0406 e. The SMILES string of the molecule is Clc1ccc(C2CCN2)cc1. The van der Waals surface area contributed by atoms with E-state index in [4.69, 9.17) is 11.6 Å². The van der Waals surface area contributed by atoms with Crippen LogP contribution in [0.5, 0.6) is 0 Å². The van der Waals surface area contributed by atoms with Crippen LogP contribution in [0.3, 0.4) is 0 Å². The summed E-state index contributed by atoms with van der Waals surface area (Å²) < 4.78 is 0. The normalized spacial score (nSPS) is 22.8. The molecule has 1 N–H and O–H groups in total. The summed E-state index contributed by atoms with van der Waals surface area (Å²) in [6, 6.07) is 8.62. The molecule has 1 aliphatic heterocycles. The van der Waals surface area contributed by atoms with Crippen molar-refractivity contribution in [3.05, 3.63) is 34.9 Å². The zero-order valence-corrected chi connectivity index (χ0v) is 6.93. The lowest BCUT2D eigenvalue weighted by Gasteiger charge is -2.27. The zero-order chi connectivity index (χ0) is 7.68. The number of hydrogen-bond donors (Lipinski definition) is 1. The molecule has 1 unspecified atom stereocenters. The number of hydrogen-bond acceptors (Lipinski definition) is 1. The molecule has 2 heteroatoms. The van der Waals surface area contributed by atoms with Crippen LogP contribution in [0.4, 0.5) is 0 Å². The van der Waals surface area contributed by atoms with Crippen LogP contribution in [0.25, 0.3) is 0 Å². The highest BCUT2D eigenvalue weighted by Crippen LogP contribution is 2.23. The summed E-state index contributed by atoms with van der Waals surface area (Å²) in [4.78, 5) is 0. The molecule has 0 bridgehead atoms. The van der Waals surface area contributed by atoms with Crippen LogP contribution in [0.1, 0.15) is 18.0 Å². The molecule has 1 fully saturated rings. The third-order valence-electron chi connectivity index (χ3n) is 2.10. The quantitative estimate of drug-likeness (QED) is 0.677. The Morgan fingerprint density at radius 3 is 2.36 bits per heavy atom. The molecule has 0 radical (unpaired) electrons. The second-order valence-electron chi connectivity index (χ2n) is 2.85. The molecule has 1 aromatic carbocycles. The Balaban J connectivity index is 2.18. The number of benzene rings is 1. The Morgan fingerprint density at radius 2 is 1.91 bits per heavy atom. The van der Waals surface area contributed by atoms with Crippen molar-refractivity contribution in [1.82, 2.24) is 5.32 Å². The second kappa shape index (κ2) is 2.84. The molecule has 1 aliphatic rings. The summed E-state index contributed by atoms with van der Waals surface area (Å²) in [6.45, 7) is 1.15. The highest BCUT2D eigenvalue weighted by molar-refractivity contribution is 6.30. The molecule has 0 aromatic heterocycles. The van der Waals surface area contributed by atoms with Crippen molar-refractivity contribution < 1.29 is 0 Å². The van der Waals surface area contributed by atoms with Crippen LogP contribution in [0.2, 0.25) is 5.02 Å². The van der Waals surface area contributed by atoms with Crippen LogP contribution in [0.15, 0.2) is 24.3 Å². The second-order valence-corrected chi connectivity index (χ2v) is 3.28. The van der Waals surface area contributed by atoms with Crippen LogP contribution >= 0.6 is 11.6 Å². The molecule has 1 saturated heterocycles. The Morgan fingerprint density at radius 1 is 1.27 bits per heavy atom. The van der Waals surface area contributed by atoms with Crippen molar-refractivity contribution >= 4 is 11.6 Å². The standard InChI is InChI=1S/C9H10ClN/c10-8-3-1-7(2-4-8)9-5-6-11-9/h1-4,9,11H,5-6H2. The van der Waals surface area contributed by atoms with Gasteiger partial charge in [-0.1, -0.05) is 23.7 Å². The molecule has 11 heavy (non-hydrogen) atoms. The summed E-state index contributed by atoms with van der Waals surface area (Å²) in [5, 5.41) is 4.15. The summed E-state index contributed by atoms with van der Waals surface area (Å²) in [5.41, 5.74) is 1.35. The fraction of sp³-hybridized carbons (Fsp3) is 0.333. The third-order valence-corrected chi connectivity index (χ3v) is 2.35. The van der Waals surface area contributed by atoms with Gasteiger partial charge in [0.25, 0.3) is 0 Å². The molecule has 1 heterocycles. The van der Waals surface area contributed by atoms with E-state index in [0.29, 0.717) is 6.04 Å². The fourth-order valence-electron chi connectivity index (χ4n) is 1.27. The van der Waals surface area contributed by atoms with Crippen molar-refractivity contribution in [3.63, 3.8) is 0 Å². The molecule has 1 nitrogen and oxygen atoms in total. The van der Waals surface area contributed by atoms with Crippen molar-refractivity contribution in [2.24, 2.45) is 0 Å². The highest BCUT2D eigenvalue weighted by Gasteiger charge is 2.17. The van der Waals surface area contributed by atoms with E-state index in [1.54, 1.807) is 0 Å². The number of nitrogens with one attached hydrogen (secondary N) is 1. The van der Waals surface area contributed by atoms with E-state index in [9.17, 15) is 0 Å². The van der Waals surface area contributed by atoms with Gasteiger partial charge >= 0.3 is 0 Å². The molecule has 2 rings (SSSR count). The highest BCUT2D eigenvalue weighted by atomic mass is 35.5. The minimum Gasteiger partial charge on any atom is -0.310 e. The Bertz CT molecular complexity index is 238. The van der Waals surface area contributed by atoms with Crippen LogP contribution < -0.4 is 5.32 Å². The topological polar surface area (TPSA) is 12.0 Å². The fourth-order valence-corrected chi connectivity index (χ4v) is 1.39. The van der Waals surface area contributed by atoms with E-state index < -0.39 is 0 Å². The van der Waals surface area contributed by atoms with Gasteiger partial charge < -0.3 is 5.32 Å². The van der Waals surface area contributed by atoms with Crippen molar-refractivity contribution in [2.45, 2.75) is 12.5 Å². The Hall–Kier alpha value is -0.530. The van der Waals surface area contributed by atoms with Crippen molar-refractivity contribution in [3.8, 4) is 0 Å². The predicted octanol–water partition coefficient (Wildman–Crippen LogP) is 2.37. The van der Waals surface area contributed by atoms with E-state index >= 15 is 0 Å². The number of halogens is 1. The summed E-state index contributed by atoms with van der Waals surface area (Å²) in [5.74, 6) is 0. The average Bonchev–Trinajstić information content (AvgIpc) is 1.90. The molecular formula is C9H10ClN. The molecule has 1 atom stereocenters. The van der Waals surface area contributed by atoms with Gasteiger partial charge in [-0.25, -0.2) is 0 Å². The minimum atomic E-state index is 0.576. The maximum absolute atomic E-state index is 5.76. The molecule has 0 saturated carbocycles. The first-order valence-corrected chi connectivity index (χ1v) is 4.23. The lowest BCUT2D eigenvalue weighted by molar-refractivity contribution is 0.383. The Kier molecular flexibility index (Phi) is 1.84. The van der Waals surface area contributed by atoms with E-state index in [-0.39, 0.29) is 0 Å². The summed E-state index contributed by atoms with van der Waals surface area (Å²) in [7, 11) is 0. The van der Waals surface area contributed by atoms with Gasteiger partial charge in [0.05, 0.1) is 0 Å². The van der Waals surface area contributed by atoms with E-state index in [1.807, 2.05) is 12.1 Å². The van der Waals surface area contributed by atoms with Crippen molar-refractivity contribution in [1.29, 1.82) is 0 Å². The van der Waals surface area contributed by atoms with E-state index in [2.05, 4.69) is 17.4 Å². The van der Waals surface area contributed by atoms with Crippen molar-refractivity contribution in [2.75, 3.05) is 6.54 Å². The first-order chi connectivity index (χ1) is 5.36. The van der Waals surface area contributed by atoms with Gasteiger partial charge in [-0.2, -0.15) is 0 Å². The smallest absolute Gasteiger partial charge is 0.0406 e. The molecule has 58 valence electrons. The number of rotatable bonds is 1. The van der Waals surface area contributed by atoms with Gasteiger partial charge in [-0.05, 0) is 30.7 Å². The van der Waals surface area contributed by atoms with E-state index in [0.717, 1.165) is 11.6 Å². The van der Waals surface area contributed by atoms with Gasteiger partial charge in [-0.15, -0.1) is 0 Å². The lowest BCUT2D eigenvalue weighted by atomic mass is 9.98. The summed E-state index contributed by atoms with van der Waals surface area (Å²) in [6.07, 6.45) is 1.25. The molecule has 0 spiro atoms. The van der Waals surface area contributed by atoms with E-state index in [1.165, 1.54) is 12.0 Å². The van der Waals surface area contributed by atoms with Crippen LogP contribution in [-0.4, -0.2) is 6.54 Å². The average molecular weight is 168 g/mol. The zero-order valence-electron chi connectivity index (χ0n) is 6.18. The van der Waals surface area contributed by atoms with Gasteiger partial charge in [0, 0.05) is 11.1 Å². The van der Waals surface area contributed by atoms with Gasteiger partial charge in [0.2, 0.25) is 0 Å². The molecule has 0 amide bonds. The Labute approximate surface area is 71.4 Å².